The fraction of sp³-hybridized carbons (Fsp3) is 0.700. The Bertz CT molecular complexity index is 203. The number of thioether (sulfide) groups is 1. The van der Waals surface area contributed by atoms with Crippen LogP contribution in [0.2, 0.25) is 0 Å². The molecule has 1 aliphatic heterocycles. The van der Waals surface area contributed by atoms with Gasteiger partial charge in [0, 0.05) is 6.42 Å². The van der Waals surface area contributed by atoms with Crippen LogP contribution in [0.1, 0.15) is 19.3 Å². The van der Waals surface area contributed by atoms with Gasteiger partial charge in [-0.15, -0.1) is 6.42 Å². The maximum absolute atomic E-state index is 11.3. The van der Waals surface area contributed by atoms with Gasteiger partial charge in [0.2, 0.25) is 5.91 Å². The van der Waals surface area contributed by atoms with Gasteiger partial charge in [0.15, 0.2) is 0 Å². The van der Waals surface area contributed by atoms with Crippen molar-refractivity contribution in [2.24, 2.45) is 5.92 Å². The maximum Gasteiger partial charge on any atom is 0.221 e. The van der Waals surface area contributed by atoms with Crippen molar-refractivity contribution in [3.63, 3.8) is 0 Å². The third-order valence-corrected chi connectivity index (χ3v) is 3.25. The first-order valence-corrected chi connectivity index (χ1v) is 5.76. The van der Waals surface area contributed by atoms with Crippen LogP contribution in [-0.4, -0.2) is 24.0 Å². The molecule has 1 saturated heterocycles. The van der Waals surface area contributed by atoms with Crippen LogP contribution in [0.4, 0.5) is 0 Å². The maximum atomic E-state index is 11.3. The Morgan fingerprint density at radius 2 is 2.23 bits per heavy atom. The van der Waals surface area contributed by atoms with E-state index >= 15 is 0 Å². The molecule has 0 saturated carbocycles. The highest BCUT2D eigenvalue weighted by atomic mass is 32.2. The van der Waals surface area contributed by atoms with E-state index in [2.05, 4.69) is 11.2 Å². The molecular weight excluding hydrogens is 182 g/mol. The topological polar surface area (TPSA) is 29.1 Å². The average molecular weight is 197 g/mol. The monoisotopic (exact) mass is 197 g/mol. The summed E-state index contributed by atoms with van der Waals surface area (Å²) >= 11 is 1.98. The van der Waals surface area contributed by atoms with Crippen molar-refractivity contribution in [3.8, 4) is 12.3 Å². The third-order valence-electron chi connectivity index (χ3n) is 2.20. The third kappa shape index (κ3) is 4.23. The van der Waals surface area contributed by atoms with Gasteiger partial charge in [-0.2, -0.15) is 11.8 Å². The molecule has 0 unspecified atom stereocenters. The fourth-order valence-corrected chi connectivity index (χ4v) is 2.64. The lowest BCUT2D eigenvalue weighted by atomic mass is 9.98. The van der Waals surface area contributed by atoms with E-state index in [1.54, 1.807) is 0 Å². The van der Waals surface area contributed by atoms with Crippen LogP contribution in [0.3, 0.4) is 0 Å². The second kappa shape index (κ2) is 5.93. The number of carbonyl (C=O) groups is 1. The zero-order chi connectivity index (χ0) is 9.52. The molecule has 0 aliphatic carbocycles. The molecule has 3 heteroatoms. The molecule has 13 heavy (non-hydrogen) atoms. The van der Waals surface area contributed by atoms with Crippen LogP contribution in [0.5, 0.6) is 0 Å². The first-order valence-electron chi connectivity index (χ1n) is 4.61. The van der Waals surface area contributed by atoms with Gasteiger partial charge in [0.05, 0.1) is 6.54 Å². The van der Waals surface area contributed by atoms with Gasteiger partial charge in [-0.3, -0.25) is 4.79 Å². The molecule has 0 atom stereocenters. The van der Waals surface area contributed by atoms with Crippen LogP contribution in [0.25, 0.3) is 0 Å². The Kier molecular flexibility index (Phi) is 4.77. The second-order valence-corrected chi connectivity index (χ2v) is 4.47. The van der Waals surface area contributed by atoms with E-state index in [1.807, 2.05) is 11.8 Å². The number of nitrogens with one attached hydrogen (secondary N) is 1. The number of hydrogen-bond acceptors (Lipinski definition) is 2. The van der Waals surface area contributed by atoms with Crippen LogP contribution in [-0.2, 0) is 4.79 Å². The van der Waals surface area contributed by atoms with Crippen molar-refractivity contribution in [3.05, 3.63) is 0 Å². The quantitative estimate of drug-likeness (QED) is 0.690. The van der Waals surface area contributed by atoms with Crippen molar-refractivity contribution in [1.29, 1.82) is 0 Å². The van der Waals surface area contributed by atoms with Gasteiger partial charge in [0.25, 0.3) is 0 Å². The lowest BCUT2D eigenvalue weighted by Crippen LogP contribution is -2.27. The highest BCUT2D eigenvalue weighted by molar-refractivity contribution is 7.99. The highest BCUT2D eigenvalue weighted by Gasteiger charge is 2.16. The Morgan fingerprint density at radius 1 is 1.54 bits per heavy atom. The van der Waals surface area contributed by atoms with Gasteiger partial charge >= 0.3 is 0 Å². The molecule has 1 N–H and O–H groups in total. The van der Waals surface area contributed by atoms with E-state index < -0.39 is 0 Å². The first kappa shape index (κ1) is 10.5. The first-order chi connectivity index (χ1) is 6.33. The molecule has 72 valence electrons. The van der Waals surface area contributed by atoms with Crippen molar-refractivity contribution in [2.45, 2.75) is 19.3 Å². The summed E-state index contributed by atoms with van der Waals surface area (Å²) in [7, 11) is 0. The number of rotatable bonds is 3. The smallest absolute Gasteiger partial charge is 0.221 e. The molecular formula is C10H15NOS. The number of carbonyl (C=O) groups excluding carboxylic acids is 1. The minimum atomic E-state index is 0.106. The minimum Gasteiger partial charge on any atom is -0.345 e. The Morgan fingerprint density at radius 3 is 2.85 bits per heavy atom. The Balaban J connectivity index is 2.15. The molecule has 0 radical (unpaired) electrons. The fourth-order valence-electron chi connectivity index (χ4n) is 1.43. The molecule has 1 heterocycles. The molecule has 0 bridgehead atoms. The van der Waals surface area contributed by atoms with Gasteiger partial charge < -0.3 is 5.32 Å². The summed E-state index contributed by atoms with van der Waals surface area (Å²) in [4.78, 5) is 11.3. The predicted molar refractivity (Wildman–Crippen MR) is 56.5 cm³/mol. The number of terminal acetylenes is 1. The zero-order valence-electron chi connectivity index (χ0n) is 7.71. The van der Waals surface area contributed by atoms with E-state index in [4.69, 9.17) is 6.42 Å². The molecule has 1 amide bonds. The van der Waals surface area contributed by atoms with Crippen LogP contribution >= 0.6 is 11.8 Å². The molecule has 0 aromatic rings. The molecule has 1 fully saturated rings. The molecule has 0 aromatic heterocycles. The second-order valence-electron chi connectivity index (χ2n) is 3.24. The van der Waals surface area contributed by atoms with Crippen molar-refractivity contribution >= 4 is 17.7 Å². The molecule has 1 aliphatic rings. The van der Waals surface area contributed by atoms with E-state index in [1.165, 1.54) is 24.3 Å². The van der Waals surface area contributed by atoms with E-state index in [0.29, 0.717) is 18.9 Å². The van der Waals surface area contributed by atoms with Crippen LogP contribution < -0.4 is 5.32 Å². The van der Waals surface area contributed by atoms with E-state index in [-0.39, 0.29) is 5.91 Å². The zero-order valence-corrected chi connectivity index (χ0v) is 8.53. The SMILES string of the molecule is C#CCNC(=O)CC1CCSCC1. The summed E-state index contributed by atoms with van der Waals surface area (Å²) in [6, 6.07) is 0. The summed E-state index contributed by atoms with van der Waals surface area (Å²) in [5, 5.41) is 2.70. The molecule has 0 spiro atoms. The molecule has 0 aromatic carbocycles. The lowest BCUT2D eigenvalue weighted by molar-refractivity contribution is -0.121. The van der Waals surface area contributed by atoms with Gasteiger partial charge in [-0.25, -0.2) is 0 Å². The Labute approximate surface area is 83.9 Å². The van der Waals surface area contributed by atoms with Crippen molar-refractivity contribution in [1.82, 2.24) is 5.32 Å². The lowest BCUT2D eigenvalue weighted by Gasteiger charge is -2.20. The van der Waals surface area contributed by atoms with E-state index in [0.717, 1.165) is 0 Å². The van der Waals surface area contributed by atoms with Crippen LogP contribution in [0.15, 0.2) is 0 Å². The summed E-state index contributed by atoms with van der Waals surface area (Å²) in [6.07, 6.45) is 8.05. The predicted octanol–water partition coefficient (Wildman–Crippen LogP) is 1.27. The average Bonchev–Trinajstić information content (AvgIpc) is 2.16. The van der Waals surface area contributed by atoms with Crippen LogP contribution in [0, 0.1) is 18.3 Å². The van der Waals surface area contributed by atoms with Gasteiger partial charge in [0.1, 0.15) is 0 Å². The number of amides is 1. The molecule has 2 nitrogen and oxygen atoms in total. The Hall–Kier alpha value is -0.620. The highest BCUT2D eigenvalue weighted by Crippen LogP contribution is 2.24. The number of hydrogen-bond donors (Lipinski definition) is 1. The van der Waals surface area contributed by atoms with E-state index in [9.17, 15) is 4.79 Å². The van der Waals surface area contributed by atoms with Crippen molar-refractivity contribution in [2.75, 3.05) is 18.1 Å². The molecule has 1 rings (SSSR count). The largest absolute Gasteiger partial charge is 0.345 e. The van der Waals surface area contributed by atoms with Crippen molar-refractivity contribution < 1.29 is 4.79 Å². The summed E-state index contributed by atoms with van der Waals surface area (Å²) in [6.45, 7) is 0.361. The minimum absolute atomic E-state index is 0.106. The standard InChI is InChI=1S/C10H15NOS/c1-2-5-11-10(12)8-9-3-6-13-7-4-9/h1,9H,3-8H2,(H,11,12). The normalized spacial score (nSPS) is 17.8. The summed E-state index contributed by atoms with van der Waals surface area (Å²) in [5.41, 5.74) is 0. The summed E-state index contributed by atoms with van der Waals surface area (Å²) < 4.78 is 0. The van der Waals surface area contributed by atoms with Gasteiger partial charge in [-0.1, -0.05) is 5.92 Å². The summed E-state index contributed by atoms with van der Waals surface area (Å²) in [5.74, 6) is 5.49. The van der Waals surface area contributed by atoms with Gasteiger partial charge in [-0.05, 0) is 30.3 Å².